The molecule has 0 bridgehead atoms. The number of ether oxygens (including phenoxy) is 1. The molecule has 0 aromatic carbocycles. The topological polar surface area (TPSA) is 80.6 Å². The minimum atomic E-state index is -0.860. The molecular weight excluding hydrogens is 260 g/mol. The Bertz CT molecular complexity index is 521. The van der Waals surface area contributed by atoms with Crippen LogP contribution in [0.5, 0.6) is 0 Å². The summed E-state index contributed by atoms with van der Waals surface area (Å²) in [5.41, 5.74) is 0.550. The lowest BCUT2D eigenvalue weighted by Gasteiger charge is -2.13. The molecule has 0 fully saturated rings. The third kappa shape index (κ3) is 3.27. The molecule has 6 nitrogen and oxygen atoms in total. The molecule has 2 N–H and O–H groups in total. The van der Waals surface area contributed by atoms with E-state index in [9.17, 15) is 9.59 Å². The predicted molar refractivity (Wildman–Crippen MR) is 72.4 cm³/mol. The Labute approximate surface area is 117 Å². The molecule has 0 saturated carbocycles. The SMILES string of the molecule is COCCn1cccc1C(=O)NC1C=CC(C(=O)O)C1. The number of carbonyl (C=O) groups excluding carboxylic acids is 1. The zero-order chi connectivity index (χ0) is 14.5. The summed E-state index contributed by atoms with van der Waals surface area (Å²) < 4.78 is 6.81. The summed E-state index contributed by atoms with van der Waals surface area (Å²) in [4.78, 5) is 23.0. The zero-order valence-electron chi connectivity index (χ0n) is 11.3. The lowest BCUT2D eigenvalue weighted by Crippen LogP contribution is -2.34. The third-order valence-corrected chi connectivity index (χ3v) is 3.32. The van der Waals surface area contributed by atoms with E-state index in [0.717, 1.165) is 0 Å². The van der Waals surface area contributed by atoms with Crippen LogP contribution in [0, 0.1) is 5.92 Å². The maximum absolute atomic E-state index is 12.2. The molecule has 1 amide bonds. The van der Waals surface area contributed by atoms with Crippen molar-refractivity contribution in [2.75, 3.05) is 13.7 Å². The van der Waals surface area contributed by atoms with Gasteiger partial charge in [0.05, 0.1) is 12.5 Å². The summed E-state index contributed by atoms with van der Waals surface area (Å²) in [5, 5.41) is 11.7. The second-order valence-electron chi connectivity index (χ2n) is 4.72. The fourth-order valence-electron chi connectivity index (χ4n) is 2.24. The van der Waals surface area contributed by atoms with Gasteiger partial charge < -0.3 is 19.7 Å². The first kappa shape index (κ1) is 14.3. The van der Waals surface area contributed by atoms with Crippen molar-refractivity contribution >= 4 is 11.9 Å². The van der Waals surface area contributed by atoms with Crippen LogP contribution in [0.1, 0.15) is 16.9 Å². The standard InChI is InChI=1S/C14H18N2O4/c1-20-8-7-16-6-2-3-12(16)13(17)15-11-5-4-10(9-11)14(18)19/h2-6,10-11H,7-9H2,1H3,(H,15,17)(H,18,19). The van der Waals surface area contributed by atoms with E-state index in [4.69, 9.17) is 9.84 Å². The highest BCUT2D eigenvalue weighted by Crippen LogP contribution is 2.18. The van der Waals surface area contributed by atoms with Crippen LogP contribution in [-0.4, -0.2) is 41.3 Å². The first-order valence-corrected chi connectivity index (χ1v) is 6.48. The summed E-state index contributed by atoms with van der Waals surface area (Å²) in [5.74, 6) is -1.58. The summed E-state index contributed by atoms with van der Waals surface area (Å²) >= 11 is 0. The van der Waals surface area contributed by atoms with Crippen molar-refractivity contribution in [3.05, 3.63) is 36.2 Å². The van der Waals surface area contributed by atoms with Crippen molar-refractivity contribution in [2.45, 2.75) is 19.0 Å². The number of methoxy groups -OCH3 is 1. The Morgan fingerprint density at radius 2 is 2.30 bits per heavy atom. The molecule has 0 radical (unpaired) electrons. The molecule has 1 aromatic rings. The highest BCUT2D eigenvalue weighted by Gasteiger charge is 2.26. The maximum Gasteiger partial charge on any atom is 0.310 e. The van der Waals surface area contributed by atoms with Gasteiger partial charge in [-0.1, -0.05) is 12.2 Å². The van der Waals surface area contributed by atoms with E-state index in [0.29, 0.717) is 25.3 Å². The first-order chi connectivity index (χ1) is 9.61. The van der Waals surface area contributed by atoms with Crippen LogP contribution in [0.2, 0.25) is 0 Å². The highest BCUT2D eigenvalue weighted by molar-refractivity contribution is 5.93. The Kier molecular flexibility index (Phi) is 4.57. The number of amides is 1. The number of aromatic nitrogens is 1. The monoisotopic (exact) mass is 278 g/mol. The van der Waals surface area contributed by atoms with Crippen molar-refractivity contribution in [3.63, 3.8) is 0 Å². The number of nitrogens with zero attached hydrogens (tertiary/aromatic N) is 1. The Balaban J connectivity index is 1.94. The summed E-state index contributed by atoms with van der Waals surface area (Å²) in [6.45, 7) is 1.13. The minimum absolute atomic E-state index is 0.202. The molecule has 2 unspecified atom stereocenters. The van der Waals surface area contributed by atoms with Gasteiger partial charge in [-0.3, -0.25) is 9.59 Å². The predicted octanol–water partition coefficient (Wildman–Crippen LogP) is 0.894. The van der Waals surface area contributed by atoms with Crippen LogP contribution >= 0.6 is 0 Å². The van der Waals surface area contributed by atoms with E-state index in [1.807, 2.05) is 10.8 Å². The van der Waals surface area contributed by atoms with Crippen molar-refractivity contribution < 1.29 is 19.4 Å². The van der Waals surface area contributed by atoms with Crippen LogP contribution in [-0.2, 0) is 16.1 Å². The lowest BCUT2D eigenvalue weighted by molar-refractivity contribution is -0.140. The van der Waals surface area contributed by atoms with Crippen LogP contribution < -0.4 is 5.32 Å². The van der Waals surface area contributed by atoms with Crippen LogP contribution in [0.4, 0.5) is 0 Å². The largest absolute Gasteiger partial charge is 0.481 e. The first-order valence-electron chi connectivity index (χ1n) is 6.48. The van der Waals surface area contributed by atoms with Gasteiger partial charge in [-0.2, -0.15) is 0 Å². The second kappa shape index (κ2) is 6.38. The number of hydrogen-bond acceptors (Lipinski definition) is 3. The van der Waals surface area contributed by atoms with Crippen molar-refractivity contribution in [1.82, 2.24) is 9.88 Å². The van der Waals surface area contributed by atoms with Gasteiger partial charge in [0.1, 0.15) is 5.69 Å². The summed E-state index contributed by atoms with van der Waals surface area (Å²) in [7, 11) is 1.61. The normalized spacial score (nSPS) is 21.1. The van der Waals surface area contributed by atoms with Gasteiger partial charge in [0.2, 0.25) is 0 Å². The number of carbonyl (C=O) groups is 2. The Morgan fingerprint density at radius 3 is 2.95 bits per heavy atom. The van der Waals surface area contributed by atoms with E-state index in [2.05, 4.69) is 5.32 Å². The molecule has 2 rings (SSSR count). The molecular formula is C14H18N2O4. The molecule has 2 atom stereocenters. The van der Waals surface area contributed by atoms with Crippen molar-refractivity contribution in [3.8, 4) is 0 Å². The molecule has 0 saturated heterocycles. The van der Waals surface area contributed by atoms with Gasteiger partial charge >= 0.3 is 5.97 Å². The quantitative estimate of drug-likeness (QED) is 0.757. The molecule has 1 aliphatic rings. The second-order valence-corrected chi connectivity index (χ2v) is 4.72. The Morgan fingerprint density at radius 1 is 1.50 bits per heavy atom. The number of hydrogen-bond donors (Lipinski definition) is 2. The molecule has 20 heavy (non-hydrogen) atoms. The average molecular weight is 278 g/mol. The Hall–Kier alpha value is -2.08. The maximum atomic E-state index is 12.2. The molecule has 6 heteroatoms. The lowest BCUT2D eigenvalue weighted by atomic mass is 10.1. The molecule has 1 aromatic heterocycles. The van der Waals surface area contributed by atoms with Gasteiger partial charge in [-0.15, -0.1) is 0 Å². The molecule has 108 valence electrons. The fraction of sp³-hybridized carbons (Fsp3) is 0.429. The van der Waals surface area contributed by atoms with E-state index in [-0.39, 0.29) is 11.9 Å². The van der Waals surface area contributed by atoms with Gasteiger partial charge in [0.25, 0.3) is 5.91 Å². The molecule has 0 spiro atoms. The molecule has 1 heterocycles. The number of nitrogens with one attached hydrogen (secondary N) is 1. The van der Waals surface area contributed by atoms with E-state index in [1.54, 1.807) is 31.4 Å². The number of aliphatic carboxylic acids is 1. The summed E-state index contributed by atoms with van der Waals surface area (Å²) in [6, 6.07) is 3.31. The van der Waals surface area contributed by atoms with E-state index >= 15 is 0 Å². The number of carboxylic acid groups (broad SMARTS) is 1. The zero-order valence-corrected chi connectivity index (χ0v) is 11.3. The van der Waals surface area contributed by atoms with E-state index < -0.39 is 11.9 Å². The van der Waals surface area contributed by atoms with E-state index in [1.165, 1.54) is 0 Å². The highest BCUT2D eigenvalue weighted by atomic mass is 16.5. The van der Waals surface area contributed by atoms with Gasteiger partial charge in [0.15, 0.2) is 0 Å². The van der Waals surface area contributed by atoms with Gasteiger partial charge in [-0.25, -0.2) is 0 Å². The molecule has 0 aliphatic heterocycles. The average Bonchev–Trinajstić information content (AvgIpc) is 3.04. The van der Waals surface area contributed by atoms with Gasteiger partial charge in [-0.05, 0) is 18.6 Å². The smallest absolute Gasteiger partial charge is 0.310 e. The fourth-order valence-corrected chi connectivity index (χ4v) is 2.24. The van der Waals surface area contributed by atoms with Crippen molar-refractivity contribution in [2.24, 2.45) is 5.92 Å². The summed E-state index contributed by atoms with van der Waals surface area (Å²) in [6.07, 6.45) is 5.58. The van der Waals surface area contributed by atoms with Crippen molar-refractivity contribution in [1.29, 1.82) is 0 Å². The van der Waals surface area contributed by atoms with Crippen LogP contribution in [0.3, 0.4) is 0 Å². The van der Waals surface area contributed by atoms with Crippen LogP contribution in [0.15, 0.2) is 30.5 Å². The number of carboxylic acids is 1. The minimum Gasteiger partial charge on any atom is -0.481 e. The number of rotatable bonds is 6. The molecule has 1 aliphatic carbocycles. The van der Waals surface area contributed by atoms with Crippen LogP contribution in [0.25, 0.3) is 0 Å². The van der Waals surface area contributed by atoms with Gasteiger partial charge in [0, 0.05) is 25.9 Å². The third-order valence-electron chi connectivity index (χ3n) is 3.32.